The first-order valence-electron chi connectivity index (χ1n) is 8.57. The van der Waals surface area contributed by atoms with Crippen LogP contribution in [0.25, 0.3) is 22.4 Å². The second kappa shape index (κ2) is 6.66. The zero-order chi connectivity index (χ0) is 20.2. The van der Waals surface area contributed by atoms with E-state index in [4.69, 9.17) is 4.98 Å². The van der Waals surface area contributed by atoms with Crippen molar-refractivity contribution in [3.05, 3.63) is 51.0 Å². The lowest BCUT2D eigenvalue weighted by atomic mass is 10.1. The van der Waals surface area contributed by atoms with Gasteiger partial charge in [0.1, 0.15) is 11.2 Å². The number of aryl methyl sites for hydroxylation is 3. The molecule has 0 radical (unpaired) electrons. The number of hydrogen-bond acceptors (Lipinski definition) is 5. The lowest BCUT2D eigenvalue weighted by molar-refractivity contribution is 0.592. The molecule has 3 aromatic heterocycles. The Labute approximate surface area is 176 Å². The number of nitrogens with one attached hydrogen (secondary N) is 1. The summed E-state index contributed by atoms with van der Waals surface area (Å²) >= 11 is 2.16. The van der Waals surface area contributed by atoms with E-state index in [1.54, 1.807) is 29.1 Å². The lowest BCUT2D eigenvalue weighted by Crippen LogP contribution is -2.09. The molecule has 1 N–H and O–H groups in total. The van der Waals surface area contributed by atoms with E-state index in [-0.39, 0.29) is 9.92 Å². The van der Waals surface area contributed by atoms with Crippen molar-refractivity contribution in [1.29, 1.82) is 0 Å². The summed E-state index contributed by atoms with van der Waals surface area (Å²) < 4.78 is 29.6. The fourth-order valence-corrected chi connectivity index (χ4v) is 5.22. The molecule has 28 heavy (non-hydrogen) atoms. The maximum absolute atomic E-state index is 13.5. The van der Waals surface area contributed by atoms with Crippen molar-refractivity contribution in [3.63, 3.8) is 0 Å². The monoisotopic (exact) mass is 507 g/mol. The van der Waals surface area contributed by atoms with Gasteiger partial charge in [0.05, 0.1) is 14.2 Å². The van der Waals surface area contributed by atoms with E-state index in [9.17, 15) is 8.42 Å². The Hall–Kier alpha value is -2.27. The summed E-state index contributed by atoms with van der Waals surface area (Å²) in [5.74, 6) is 0. The van der Waals surface area contributed by atoms with Crippen LogP contribution in [-0.4, -0.2) is 33.2 Å². The number of H-pyrrole nitrogens is 1. The minimum atomic E-state index is -3.88. The minimum absolute atomic E-state index is 0.0666. The van der Waals surface area contributed by atoms with Gasteiger partial charge in [0.2, 0.25) is 9.84 Å². The van der Waals surface area contributed by atoms with Crippen molar-refractivity contribution >= 4 is 43.6 Å². The Balaban J connectivity index is 2.10. The molecule has 4 rings (SSSR count). The molecule has 0 spiro atoms. The number of hydrogen-bond donors (Lipinski definition) is 1. The highest BCUT2D eigenvalue weighted by molar-refractivity contribution is 14.1. The van der Waals surface area contributed by atoms with Crippen LogP contribution in [0.2, 0.25) is 0 Å². The summed E-state index contributed by atoms with van der Waals surface area (Å²) in [6.45, 7) is 5.60. The summed E-state index contributed by atoms with van der Waals surface area (Å²) in [5.41, 5.74) is 4.51. The average Bonchev–Trinajstić information content (AvgIpc) is 3.13. The fourth-order valence-electron chi connectivity index (χ4n) is 3.25. The van der Waals surface area contributed by atoms with Crippen LogP contribution in [0.15, 0.2) is 40.4 Å². The molecule has 0 aliphatic heterocycles. The third-order valence-corrected chi connectivity index (χ3v) is 7.22. The number of benzene rings is 1. The first kappa shape index (κ1) is 19.1. The molecule has 0 saturated heterocycles. The molecule has 0 aliphatic rings. The van der Waals surface area contributed by atoms with Crippen molar-refractivity contribution in [2.75, 3.05) is 0 Å². The van der Waals surface area contributed by atoms with E-state index in [0.717, 1.165) is 14.8 Å². The first-order valence-corrected chi connectivity index (χ1v) is 11.1. The molecule has 9 heteroatoms. The van der Waals surface area contributed by atoms with Crippen LogP contribution < -0.4 is 0 Å². The van der Waals surface area contributed by atoms with Crippen molar-refractivity contribution in [1.82, 2.24) is 24.7 Å². The number of halogens is 1. The van der Waals surface area contributed by atoms with Gasteiger partial charge in [-0.1, -0.05) is 12.1 Å². The summed E-state index contributed by atoms with van der Waals surface area (Å²) in [5, 5.41) is 4.36. The SMILES string of the molecule is Cc1cccc(S(=O)(=O)c2nc3[nH]cc(I)c3nc2-c2c(C)nn(C)c2C)c1. The van der Waals surface area contributed by atoms with E-state index in [1.807, 2.05) is 33.9 Å². The van der Waals surface area contributed by atoms with Crippen molar-refractivity contribution in [2.24, 2.45) is 7.05 Å². The average molecular weight is 507 g/mol. The third kappa shape index (κ3) is 2.93. The van der Waals surface area contributed by atoms with Crippen LogP contribution in [0.1, 0.15) is 17.0 Å². The van der Waals surface area contributed by atoms with Crippen LogP contribution >= 0.6 is 22.6 Å². The van der Waals surface area contributed by atoms with Gasteiger partial charge in [-0.05, 0) is 61.1 Å². The van der Waals surface area contributed by atoms with Gasteiger partial charge in [0.15, 0.2) is 10.7 Å². The van der Waals surface area contributed by atoms with E-state index in [1.165, 1.54) is 0 Å². The maximum Gasteiger partial charge on any atom is 0.226 e. The van der Waals surface area contributed by atoms with Crippen molar-refractivity contribution in [3.8, 4) is 11.3 Å². The topological polar surface area (TPSA) is 93.5 Å². The normalized spacial score (nSPS) is 12.0. The number of fused-ring (bicyclic) bond motifs is 1. The number of rotatable bonds is 3. The predicted octanol–water partition coefficient (Wildman–Crippen LogP) is 3.72. The Bertz CT molecular complexity index is 1340. The van der Waals surface area contributed by atoms with Gasteiger partial charge in [-0.15, -0.1) is 0 Å². The maximum atomic E-state index is 13.5. The second-order valence-electron chi connectivity index (χ2n) is 6.70. The molecule has 0 unspecified atom stereocenters. The standard InChI is InChI=1S/C19H18IN5O2S/c1-10-6-5-7-13(8-10)28(26,27)19-17(15-11(2)24-25(4)12(15)3)22-16-14(20)9-21-18(16)23-19/h5-9H,1-4H3,(H,21,23). The second-order valence-corrected chi connectivity index (χ2v) is 9.73. The molecule has 0 aliphatic carbocycles. The minimum Gasteiger partial charge on any atom is -0.344 e. The summed E-state index contributed by atoms with van der Waals surface area (Å²) in [4.78, 5) is 12.4. The van der Waals surface area contributed by atoms with Gasteiger partial charge >= 0.3 is 0 Å². The lowest BCUT2D eigenvalue weighted by Gasteiger charge is -2.11. The molecule has 0 amide bonds. The number of aromatic nitrogens is 5. The zero-order valence-corrected chi connectivity index (χ0v) is 18.8. The molecule has 0 atom stereocenters. The molecule has 4 aromatic rings. The van der Waals surface area contributed by atoms with Gasteiger partial charge in [-0.25, -0.2) is 18.4 Å². The van der Waals surface area contributed by atoms with Crippen molar-refractivity contribution < 1.29 is 8.42 Å². The predicted molar refractivity (Wildman–Crippen MR) is 115 cm³/mol. The van der Waals surface area contributed by atoms with Crippen molar-refractivity contribution in [2.45, 2.75) is 30.7 Å². The zero-order valence-electron chi connectivity index (χ0n) is 15.8. The molecule has 0 saturated carbocycles. The Morgan fingerprint density at radius 3 is 2.54 bits per heavy atom. The third-order valence-electron chi connectivity index (χ3n) is 4.73. The molecular weight excluding hydrogens is 489 g/mol. The fraction of sp³-hybridized carbons (Fsp3) is 0.211. The summed E-state index contributed by atoms with van der Waals surface area (Å²) in [6, 6.07) is 6.81. The molecule has 7 nitrogen and oxygen atoms in total. The highest BCUT2D eigenvalue weighted by atomic mass is 127. The number of nitrogens with zero attached hydrogens (tertiary/aromatic N) is 4. The quantitative estimate of drug-likeness (QED) is 0.427. The first-order chi connectivity index (χ1) is 13.2. The van der Waals surface area contributed by atoms with Gasteiger partial charge in [0.25, 0.3) is 0 Å². The van der Waals surface area contributed by atoms with E-state index < -0.39 is 9.84 Å². The molecule has 0 fully saturated rings. The van der Waals surface area contributed by atoms with Crippen LogP contribution in [0.3, 0.4) is 0 Å². The summed E-state index contributed by atoms with van der Waals surface area (Å²) in [7, 11) is -2.05. The Morgan fingerprint density at radius 1 is 1.14 bits per heavy atom. The van der Waals surface area contributed by atoms with Gasteiger partial charge in [-0.3, -0.25) is 4.68 Å². The Kier molecular flexibility index (Phi) is 4.53. The smallest absolute Gasteiger partial charge is 0.226 e. The molecule has 0 bridgehead atoms. The van der Waals surface area contributed by atoms with Gasteiger partial charge in [-0.2, -0.15) is 5.10 Å². The van der Waals surface area contributed by atoms with Crippen LogP contribution in [-0.2, 0) is 16.9 Å². The largest absolute Gasteiger partial charge is 0.344 e. The van der Waals surface area contributed by atoms with Crippen LogP contribution in [0.5, 0.6) is 0 Å². The van der Waals surface area contributed by atoms with E-state index >= 15 is 0 Å². The number of aromatic amines is 1. The van der Waals surface area contributed by atoms with Gasteiger partial charge in [0, 0.05) is 24.5 Å². The molecular formula is C19H18IN5O2S. The van der Waals surface area contributed by atoms with Crippen LogP contribution in [0, 0.1) is 24.3 Å². The van der Waals surface area contributed by atoms with E-state index in [2.05, 4.69) is 37.7 Å². The molecule has 3 heterocycles. The van der Waals surface area contributed by atoms with Gasteiger partial charge < -0.3 is 4.98 Å². The molecule has 144 valence electrons. The van der Waals surface area contributed by atoms with E-state index in [0.29, 0.717) is 28.1 Å². The molecule has 1 aromatic carbocycles. The highest BCUT2D eigenvalue weighted by Gasteiger charge is 2.29. The highest BCUT2D eigenvalue weighted by Crippen LogP contribution is 2.34. The van der Waals surface area contributed by atoms with Crippen LogP contribution in [0.4, 0.5) is 0 Å². The Morgan fingerprint density at radius 2 is 1.89 bits per heavy atom. The number of sulfone groups is 1. The summed E-state index contributed by atoms with van der Waals surface area (Å²) in [6.07, 6.45) is 1.76.